The summed E-state index contributed by atoms with van der Waals surface area (Å²) in [6, 6.07) is 9.45. The molecule has 5 nitrogen and oxygen atoms in total. The van der Waals surface area contributed by atoms with Gasteiger partial charge in [-0.2, -0.15) is 0 Å². The van der Waals surface area contributed by atoms with Gasteiger partial charge in [-0.05, 0) is 26.3 Å². The number of likely N-dealkylation sites (tertiary alicyclic amines) is 1. The normalized spacial score (nSPS) is 22.1. The van der Waals surface area contributed by atoms with E-state index in [0.29, 0.717) is 6.54 Å². The van der Waals surface area contributed by atoms with Gasteiger partial charge >= 0.3 is 12.1 Å². The van der Waals surface area contributed by atoms with Crippen molar-refractivity contribution in [3.05, 3.63) is 35.9 Å². The maximum atomic E-state index is 12.1. The Bertz CT molecular complexity index is 521. The number of hydrogen-bond acceptors (Lipinski definition) is 3. The molecule has 1 aliphatic rings. The van der Waals surface area contributed by atoms with Crippen LogP contribution in [-0.4, -0.2) is 40.8 Å². The molecule has 1 saturated heterocycles. The number of carbonyl (C=O) groups is 2. The third kappa shape index (κ3) is 3.74. The molecule has 0 radical (unpaired) electrons. The summed E-state index contributed by atoms with van der Waals surface area (Å²) in [5, 5.41) is 9.40. The molecule has 5 heteroatoms. The number of rotatable bonds is 2. The second-order valence-electron chi connectivity index (χ2n) is 6.35. The van der Waals surface area contributed by atoms with Crippen molar-refractivity contribution in [2.24, 2.45) is 5.92 Å². The van der Waals surface area contributed by atoms with Crippen LogP contribution in [-0.2, 0) is 9.53 Å². The Morgan fingerprint density at radius 2 is 1.81 bits per heavy atom. The highest BCUT2D eigenvalue weighted by Gasteiger charge is 2.41. The zero-order valence-corrected chi connectivity index (χ0v) is 12.6. The highest BCUT2D eigenvalue weighted by atomic mass is 16.6. The Kier molecular flexibility index (Phi) is 4.21. The Morgan fingerprint density at radius 1 is 1.19 bits per heavy atom. The molecule has 0 bridgehead atoms. The van der Waals surface area contributed by atoms with Crippen LogP contribution in [0.15, 0.2) is 30.3 Å². The van der Waals surface area contributed by atoms with Gasteiger partial charge in [0.1, 0.15) is 5.60 Å². The molecule has 0 saturated carbocycles. The van der Waals surface area contributed by atoms with Gasteiger partial charge in [0.05, 0.1) is 5.92 Å². The summed E-state index contributed by atoms with van der Waals surface area (Å²) in [4.78, 5) is 25.1. The van der Waals surface area contributed by atoms with E-state index in [9.17, 15) is 14.7 Å². The third-order valence-electron chi connectivity index (χ3n) is 3.52. The Hall–Kier alpha value is -2.04. The summed E-state index contributed by atoms with van der Waals surface area (Å²) >= 11 is 0. The number of ether oxygens (including phenoxy) is 1. The molecular formula is C16H21NO4. The second-order valence-corrected chi connectivity index (χ2v) is 6.35. The third-order valence-corrected chi connectivity index (χ3v) is 3.52. The number of carboxylic acids is 1. The Morgan fingerprint density at radius 3 is 2.33 bits per heavy atom. The first-order valence-electron chi connectivity index (χ1n) is 7.03. The molecule has 0 aromatic heterocycles. The van der Waals surface area contributed by atoms with Gasteiger partial charge in [0.2, 0.25) is 0 Å². The van der Waals surface area contributed by atoms with Crippen molar-refractivity contribution >= 4 is 12.1 Å². The summed E-state index contributed by atoms with van der Waals surface area (Å²) < 4.78 is 5.33. The van der Waals surface area contributed by atoms with Crippen LogP contribution in [0.1, 0.15) is 32.3 Å². The van der Waals surface area contributed by atoms with Crippen LogP contribution in [0.3, 0.4) is 0 Å². The molecule has 1 aromatic carbocycles. The molecule has 114 valence electrons. The van der Waals surface area contributed by atoms with E-state index in [1.807, 2.05) is 30.3 Å². The zero-order chi connectivity index (χ0) is 15.6. The summed E-state index contributed by atoms with van der Waals surface area (Å²) in [5.41, 5.74) is 0.358. The number of hydrogen-bond donors (Lipinski definition) is 1. The lowest BCUT2D eigenvalue weighted by Crippen LogP contribution is -2.35. The Balaban J connectivity index is 2.16. The first-order valence-corrected chi connectivity index (χ1v) is 7.03. The van der Waals surface area contributed by atoms with E-state index < -0.39 is 23.6 Å². The number of carboxylic acid groups (broad SMARTS) is 1. The van der Waals surface area contributed by atoms with Gasteiger partial charge in [0.25, 0.3) is 0 Å². The standard InChI is InChI=1S/C16H21NO4/c1-16(2,3)21-15(20)17-9-12(13(10-17)14(18)19)11-7-5-4-6-8-11/h4-8,12-13H,9-10H2,1-3H3,(H,18,19)/t12-,13-/m1/s1. The lowest BCUT2D eigenvalue weighted by atomic mass is 9.89. The molecule has 1 N–H and O–H groups in total. The van der Waals surface area contributed by atoms with E-state index in [0.717, 1.165) is 5.56 Å². The Labute approximate surface area is 124 Å². The second kappa shape index (κ2) is 5.76. The minimum absolute atomic E-state index is 0.184. The first kappa shape index (κ1) is 15.4. The average molecular weight is 291 g/mol. The van der Waals surface area contributed by atoms with Crippen LogP contribution in [0.4, 0.5) is 4.79 Å². The molecular weight excluding hydrogens is 270 g/mol. The summed E-state index contributed by atoms with van der Waals surface area (Å²) in [6.45, 7) is 5.94. The highest BCUT2D eigenvalue weighted by Crippen LogP contribution is 2.33. The van der Waals surface area contributed by atoms with Crippen LogP contribution in [0.25, 0.3) is 0 Å². The van der Waals surface area contributed by atoms with Crippen molar-refractivity contribution in [2.45, 2.75) is 32.3 Å². The monoisotopic (exact) mass is 291 g/mol. The maximum absolute atomic E-state index is 12.1. The fourth-order valence-electron chi connectivity index (χ4n) is 2.57. The lowest BCUT2D eigenvalue weighted by molar-refractivity contribution is -0.141. The van der Waals surface area contributed by atoms with E-state index in [1.165, 1.54) is 4.90 Å². The fraction of sp³-hybridized carbons (Fsp3) is 0.500. The maximum Gasteiger partial charge on any atom is 0.410 e. The molecule has 1 fully saturated rings. The van der Waals surface area contributed by atoms with Gasteiger partial charge in [0.15, 0.2) is 0 Å². The van der Waals surface area contributed by atoms with Gasteiger partial charge < -0.3 is 14.7 Å². The fourth-order valence-corrected chi connectivity index (χ4v) is 2.57. The molecule has 1 aromatic rings. The number of benzene rings is 1. The smallest absolute Gasteiger partial charge is 0.410 e. The van der Waals surface area contributed by atoms with Crippen molar-refractivity contribution in [3.63, 3.8) is 0 Å². The van der Waals surface area contributed by atoms with Crippen molar-refractivity contribution in [2.75, 3.05) is 13.1 Å². The van der Waals surface area contributed by atoms with Crippen LogP contribution < -0.4 is 0 Å². The predicted molar refractivity (Wildman–Crippen MR) is 78.1 cm³/mol. The number of amides is 1. The topological polar surface area (TPSA) is 66.8 Å². The summed E-state index contributed by atoms with van der Waals surface area (Å²) in [7, 11) is 0. The van der Waals surface area contributed by atoms with E-state index in [-0.39, 0.29) is 12.5 Å². The van der Waals surface area contributed by atoms with E-state index in [2.05, 4.69) is 0 Å². The van der Waals surface area contributed by atoms with Gasteiger partial charge in [-0.1, -0.05) is 30.3 Å². The zero-order valence-electron chi connectivity index (χ0n) is 12.6. The molecule has 1 amide bonds. The molecule has 0 aliphatic carbocycles. The summed E-state index contributed by atoms with van der Waals surface area (Å²) in [5.74, 6) is -1.67. The number of aliphatic carboxylic acids is 1. The van der Waals surface area contributed by atoms with Crippen LogP contribution >= 0.6 is 0 Å². The number of carbonyl (C=O) groups excluding carboxylic acids is 1. The van der Waals surface area contributed by atoms with Gasteiger partial charge in [0, 0.05) is 19.0 Å². The average Bonchev–Trinajstić information content (AvgIpc) is 2.83. The van der Waals surface area contributed by atoms with Crippen molar-refractivity contribution in [1.82, 2.24) is 4.90 Å². The SMILES string of the molecule is CC(C)(C)OC(=O)N1C[C@H](c2ccccc2)[C@H](C(=O)O)C1. The van der Waals surface area contributed by atoms with E-state index in [1.54, 1.807) is 20.8 Å². The highest BCUT2D eigenvalue weighted by molar-refractivity contribution is 5.75. The first-order chi connectivity index (χ1) is 9.78. The van der Waals surface area contributed by atoms with Crippen LogP contribution in [0.2, 0.25) is 0 Å². The molecule has 2 rings (SSSR count). The number of nitrogens with zero attached hydrogens (tertiary/aromatic N) is 1. The van der Waals surface area contributed by atoms with E-state index in [4.69, 9.17) is 4.74 Å². The van der Waals surface area contributed by atoms with Crippen LogP contribution in [0, 0.1) is 5.92 Å². The van der Waals surface area contributed by atoms with Crippen LogP contribution in [0.5, 0.6) is 0 Å². The summed E-state index contributed by atoms with van der Waals surface area (Å²) in [6.07, 6.45) is -0.452. The minimum Gasteiger partial charge on any atom is -0.481 e. The minimum atomic E-state index is -0.880. The molecule has 0 unspecified atom stereocenters. The van der Waals surface area contributed by atoms with Crippen molar-refractivity contribution < 1.29 is 19.4 Å². The largest absolute Gasteiger partial charge is 0.481 e. The lowest BCUT2D eigenvalue weighted by Gasteiger charge is -2.24. The predicted octanol–water partition coefficient (Wildman–Crippen LogP) is 2.72. The van der Waals surface area contributed by atoms with Gasteiger partial charge in [-0.25, -0.2) is 4.79 Å². The molecule has 21 heavy (non-hydrogen) atoms. The molecule has 1 heterocycles. The van der Waals surface area contributed by atoms with Gasteiger partial charge in [-0.15, -0.1) is 0 Å². The van der Waals surface area contributed by atoms with Gasteiger partial charge in [-0.3, -0.25) is 4.79 Å². The quantitative estimate of drug-likeness (QED) is 0.909. The van der Waals surface area contributed by atoms with Crippen molar-refractivity contribution in [1.29, 1.82) is 0 Å². The molecule has 0 spiro atoms. The molecule has 1 aliphatic heterocycles. The molecule has 2 atom stereocenters. The van der Waals surface area contributed by atoms with Crippen molar-refractivity contribution in [3.8, 4) is 0 Å². The van der Waals surface area contributed by atoms with E-state index >= 15 is 0 Å².